The lowest BCUT2D eigenvalue weighted by Crippen LogP contribution is -2.39. The number of likely N-dealkylation sites (tertiary alicyclic amines) is 1. The summed E-state index contributed by atoms with van der Waals surface area (Å²) in [5, 5.41) is 8.83. The predicted octanol–water partition coefficient (Wildman–Crippen LogP) is 4.64. The number of aliphatic carboxylic acids is 1. The van der Waals surface area contributed by atoms with E-state index >= 15 is 0 Å². The molecule has 2 aromatic rings. The monoisotopic (exact) mass is 398 g/mol. The Morgan fingerprint density at radius 3 is 2.48 bits per heavy atom. The van der Waals surface area contributed by atoms with E-state index in [4.69, 9.17) is 11.6 Å². The van der Waals surface area contributed by atoms with Crippen molar-refractivity contribution >= 4 is 17.6 Å². The SMILES string of the molecule is O=C(O)C1CCN(C(c2ccc(Cl)c(C(F)(F)F)c2)c2ccccn2)CC1. The maximum atomic E-state index is 13.3. The third kappa shape index (κ3) is 4.42. The first-order valence-electron chi connectivity index (χ1n) is 8.52. The van der Waals surface area contributed by atoms with Gasteiger partial charge in [0.1, 0.15) is 0 Å². The second kappa shape index (κ2) is 7.86. The number of carbonyl (C=O) groups is 1. The number of hydrogen-bond donors (Lipinski definition) is 1. The Kier molecular flexibility index (Phi) is 5.72. The number of carboxylic acid groups (broad SMARTS) is 1. The minimum absolute atomic E-state index is 0.351. The van der Waals surface area contributed by atoms with Gasteiger partial charge in [-0.1, -0.05) is 23.7 Å². The molecule has 1 fully saturated rings. The molecule has 3 rings (SSSR count). The summed E-state index contributed by atoms with van der Waals surface area (Å²) < 4.78 is 39.9. The average Bonchev–Trinajstić information content (AvgIpc) is 2.64. The van der Waals surface area contributed by atoms with Crippen LogP contribution in [0.5, 0.6) is 0 Å². The van der Waals surface area contributed by atoms with E-state index in [9.17, 15) is 23.1 Å². The van der Waals surface area contributed by atoms with Crippen molar-refractivity contribution in [2.75, 3.05) is 13.1 Å². The standard InChI is InChI=1S/C19H18ClF3N2O2/c20-15-5-4-13(11-14(15)19(21,22)23)17(16-3-1-2-8-24-16)25-9-6-12(7-10-25)18(26)27/h1-5,8,11-12,17H,6-7,9-10H2,(H,26,27). The average molecular weight is 399 g/mol. The molecule has 0 spiro atoms. The fourth-order valence-corrected chi connectivity index (χ4v) is 3.67. The maximum absolute atomic E-state index is 13.3. The molecule has 2 heterocycles. The molecule has 0 amide bonds. The van der Waals surface area contributed by atoms with Crippen LogP contribution >= 0.6 is 11.6 Å². The number of pyridine rings is 1. The van der Waals surface area contributed by atoms with Crippen LogP contribution in [0, 0.1) is 5.92 Å². The van der Waals surface area contributed by atoms with E-state index in [0.29, 0.717) is 37.2 Å². The van der Waals surface area contributed by atoms with Gasteiger partial charge in [0, 0.05) is 6.20 Å². The molecule has 27 heavy (non-hydrogen) atoms. The Hall–Kier alpha value is -2.12. The largest absolute Gasteiger partial charge is 0.481 e. The summed E-state index contributed by atoms with van der Waals surface area (Å²) in [6.45, 7) is 0.921. The van der Waals surface area contributed by atoms with Gasteiger partial charge in [0.15, 0.2) is 0 Å². The summed E-state index contributed by atoms with van der Waals surface area (Å²) in [5.74, 6) is -1.27. The van der Waals surface area contributed by atoms with Crippen LogP contribution in [0.3, 0.4) is 0 Å². The van der Waals surface area contributed by atoms with Crippen molar-refractivity contribution in [1.82, 2.24) is 9.88 Å². The van der Waals surface area contributed by atoms with Crippen LogP contribution in [0.4, 0.5) is 13.2 Å². The van der Waals surface area contributed by atoms with Crippen LogP contribution in [0.25, 0.3) is 0 Å². The van der Waals surface area contributed by atoms with Crippen molar-refractivity contribution < 1.29 is 23.1 Å². The van der Waals surface area contributed by atoms with Gasteiger partial charge in [0.2, 0.25) is 0 Å². The number of carboxylic acids is 1. The summed E-state index contributed by atoms with van der Waals surface area (Å²) in [5.41, 5.74) is 0.156. The molecule has 1 aromatic heterocycles. The molecule has 4 nitrogen and oxygen atoms in total. The van der Waals surface area contributed by atoms with Crippen LogP contribution in [0.15, 0.2) is 42.6 Å². The van der Waals surface area contributed by atoms with E-state index in [1.165, 1.54) is 6.07 Å². The zero-order valence-electron chi connectivity index (χ0n) is 14.3. The Bertz CT molecular complexity index is 806. The number of hydrogen-bond acceptors (Lipinski definition) is 3. The molecular weight excluding hydrogens is 381 g/mol. The number of piperidine rings is 1. The Morgan fingerprint density at radius 1 is 1.22 bits per heavy atom. The highest BCUT2D eigenvalue weighted by atomic mass is 35.5. The van der Waals surface area contributed by atoms with E-state index in [2.05, 4.69) is 4.98 Å². The number of rotatable bonds is 4. The second-order valence-corrected chi connectivity index (χ2v) is 6.95. The number of nitrogens with zero attached hydrogens (tertiary/aromatic N) is 2. The summed E-state index contributed by atoms with van der Waals surface area (Å²) in [4.78, 5) is 17.5. The summed E-state index contributed by atoms with van der Waals surface area (Å²) in [7, 11) is 0. The summed E-state index contributed by atoms with van der Waals surface area (Å²) in [6, 6.07) is 8.65. The minimum atomic E-state index is -4.56. The van der Waals surface area contributed by atoms with Crippen LogP contribution in [0.1, 0.15) is 35.7 Å². The lowest BCUT2D eigenvalue weighted by atomic mass is 9.92. The van der Waals surface area contributed by atoms with Gasteiger partial charge in [0.05, 0.1) is 28.2 Å². The highest BCUT2D eigenvalue weighted by molar-refractivity contribution is 6.31. The Morgan fingerprint density at radius 2 is 1.93 bits per heavy atom. The smallest absolute Gasteiger partial charge is 0.417 e. The van der Waals surface area contributed by atoms with Gasteiger partial charge < -0.3 is 5.11 Å². The molecule has 0 bridgehead atoms. The van der Waals surface area contributed by atoms with Crippen molar-refractivity contribution in [3.05, 3.63) is 64.4 Å². The van der Waals surface area contributed by atoms with Gasteiger partial charge in [-0.25, -0.2) is 0 Å². The molecule has 1 saturated heterocycles. The van der Waals surface area contributed by atoms with E-state index in [-0.39, 0.29) is 5.02 Å². The number of alkyl halides is 3. The highest BCUT2D eigenvalue weighted by Gasteiger charge is 2.36. The molecule has 8 heteroatoms. The lowest BCUT2D eigenvalue weighted by Gasteiger charge is -2.36. The molecule has 0 radical (unpaired) electrons. The molecule has 0 saturated carbocycles. The number of aromatic nitrogens is 1. The van der Waals surface area contributed by atoms with E-state index in [1.54, 1.807) is 30.5 Å². The normalized spacial score (nSPS) is 17.6. The van der Waals surface area contributed by atoms with Crippen LogP contribution in [-0.2, 0) is 11.0 Å². The molecule has 1 atom stereocenters. The quantitative estimate of drug-likeness (QED) is 0.815. The molecular formula is C19H18ClF3N2O2. The van der Waals surface area contributed by atoms with Crippen molar-refractivity contribution in [3.63, 3.8) is 0 Å². The van der Waals surface area contributed by atoms with Gasteiger partial charge in [-0.2, -0.15) is 13.2 Å². The first-order valence-corrected chi connectivity index (χ1v) is 8.89. The third-order valence-corrected chi connectivity index (χ3v) is 5.15. The molecule has 1 aliphatic heterocycles. The van der Waals surface area contributed by atoms with Crippen LogP contribution in [0.2, 0.25) is 5.02 Å². The van der Waals surface area contributed by atoms with E-state index in [0.717, 1.165) is 6.07 Å². The van der Waals surface area contributed by atoms with E-state index < -0.39 is 29.7 Å². The first-order chi connectivity index (χ1) is 12.8. The highest BCUT2D eigenvalue weighted by Crippen LogP contribution is 2.39. The molecule has 1 aliphatic rings. The topological polar surface area (TPSA) is 53.4 Å². The molecule has 0 aliphatic carbocycles. The molecule has 1 unspecified atom stereocenters. The van der Waals surface area contributed by atoms with Crippen molar-refractivity contribution in [3.8, 4) is 0 Å². The van der Waals surface area contributed by atoms with Gasteiger partial charge >= 0.3 is 12.1 Å². The zero-order chi connectivity index (χ0) is 19.6. The number of halogens is 4. The summed E-state index contributed by atoms with van der Waals surface area (Å²) >= 11 is 5.76. The minimum Gasteiger partial charge on any atom is -0.481 e. The lowest BCUT2D eigenvalue weighted by molar-refractivity contribution is -0.143. The summed E-state index contributed by atoms with van der Waals surface area (Å²) in [6.07, 6.45) is -2.08. The van der Waals surface area contributed by atoms with Gasteiger partial charge in [-0.15, -0.1) is 0 Å². The third-order valence-electron chi connectivity index (χ3n) is 4.82. The van der Waals surface area contributed by atoms with Crippen LogP contribution in [-0.4, -0.2) is 34.0 Å². The Labute approximate surface area is 159 Å². The predicted molar refractivity (Wildman–Crippen MR) is 94.5 cm³/mol. The van der Waals surface area contributed by atoms with Crippen LogP contribution < -0.4 is 0 Å². The van der Waals surface area contributed by atoms with Crippen molar-refractivity contribution in [1.29, 1.82) is 0 Å². The first kappa shape index (κ1) is 19.6. The Balaban J connectivity index is 1.98. The number of benzene rings is 1. The van der Waals surface area contributed by atoms with Gasteiger partial charge in [-0.05, 0) is 55.8 Å². The van der Waals surface area contributed by atoms with E-state index in [1.807, 2.05) is 4.90 Å². The zero-order valence-corrected chi connectivity index (χ0v) is 15.0. The fourth-order valence-electron chi connectivity index (χ4n) is 3.44. The molecule has 1 aromatic carbocycles. The fraction of sp³-hybridized carbons (Fsp3) is 0.368. The second-order valence-electron chi connectivity index (χ2n) is 6.54. The van der Waals surface area contributed by atoms with Gasteiger partial charge in [-0.3, -0.25) is 14.7 Å². The van der Waals surface area contributed by atoms with Crippen molar-refractivity contribution in [2.45, 2.75) is 25.1 Å². The maximum Gasteiger partial charge on any atom is 0.417 e. The van der Waals surface area contributed by atoms with Crippen molar-refractivity contribution in [2.24, 2.45) is 5.92 Å². The van der Waals surface area contributed by atoms with Gasteiger partial charge in [0.25, 0.3) is 0 Å². The molecule has 144 valence electrons. The molecule has 1 N–H and O–H groups in total.